The van der Waals surface area contributed by atoms with Crippen molar-refractivity contribution in [1.29, 1.82) is 0 Å². The molecule has 1 saturated heterocycles. The van der Waals surface area contributed by atoms with Crippen LogP contribution in [0.25, 0.3) is 0 Å². The molecule has 0 unspecified atom stereocenters. The zero-order valence-corrected chi connectivity index (χ0v) is 15.4. The van der Waals surface area contributed by atoms with Gasteiger partial charge in [0.05, 0.1) is 0 Å². The van der Waals surface area contributed by atoms with E-state index in [0.29, 0.717) is 23.6 Å². The fourth-order valence-electron chi connectivity index (χ4n) is 4.23. The molecule has 4 nitrogen and oxygen atoms in total. The summed E-state index contributed by atoms with van der Waals surface area (Å²) < 4.78 is 0. The summed E-state index contributed by atoms with van der Waals surface area (Å²) in [4.78, 5) is 26.7. The minimum Gasteiger partial charge on any atom is -0.349 e. The molecule has 5 heteroatoms. The molecule has 1 aromatic rings. The number of halogens is 1. The standard InChI is InChI=1S/C20H25ClN2O2/c1-3-13-23-18(24)9-12-20(23)10-7-15(8-11-20)22-19(25)16-5-4-6-17(21)14(16)2/h3-6,15H,1,7-13H2,2H3,(H,22,25). The van der Waals surface area contributed by atoms with E-state index < -0.39 is 0 Å². The van der Waals surface area contributed by atoms with Crippen LogP contribution in [0.5, 0.6) is 0 Å². The third kappa shape index (κ3) is 3.45. The molecule has 1 aromatic carbocycles. The SMILES string of the molecule is C=CCN1C(=O)CCC12CCC(NC(=O)c1cccc(Cl)c1C)CC2. The number of hydrogen-bond acceptors (Lipinski definition) is 2. The first-order valence-corrected chi connectivity index (χ1v) is 9.32. The highest BCUT2D eigenvalue weighted by Crippen LogP contribution is 2.42. The van der Waals surface area contributed by atoms with E-state index in [0.717, 1.165) is 37.7 Å². The summed E-state index contributed by atoms with van der Waals surface area (Å²) in [7, 11) is 0. The Morgan fingerprint density at radius 2 is 2.12 bits per heavy atom. The monoisotopic (exact) mass is 360 g/mol. The highest BCUT2D eigenvalue weighted by atomic mass is 35.5. The molecule has 134 valence electrons. The molecule has 1 aliphatic heterocycles. The molecule has 1 heterocycles. The maximum absolute atomic E-state index is 12.6. The normalized spacial score (nSPS) is 26.1. The summed E-state index contributed by atoms with van der Waals surface area (Å²) in [5, 5.41) is 3.76. The smallest absolute Gasteiger partial charge is 0.251 e. The van der Waals surface area contributed by atoms with Crippen LogP contribution in [0.3, 0.4) is 0 Å². The van der Waals surface area contributed by atoms with Crippen LogP contribution in [-0.4, -0.2) is 34.8 Å². The third-order valence-electron chi connectivity index (χ3n) is 5.75. The number of likely N-dealkylation sites (tertiary alicyclic amines) is 1. The summed E-state index contributed by atoms with van der Waals surface area (Å²) in [6.45, 7) is 6.27. The second-order valence-electron chi connectivity index (χ2n) is 7.18. The van der Waals surface area contributed by atoms with Crippen LogP contribution < -0.4 is 5.32 Å². The minimum atomic E-state index is -0.0635. The van der Waals surface area contributed by atoms with Gasteiger partial charge >= 0.3 is 0 Å². The Kier molecular flexibility index (Phi) is 5.19. The van der Waals surface area contributed by atoms with Crippen LogP contribution in [0.15, 0.2) is 30.9 Å². The lowest BCUT2D eigenvalue weighted by molar-refractivity contribution is -0.131. The topological polar surface area (TPSA) is 49.4 Å². The number of amides is 2. The Bertz CT molecular complexity index is 693. The van der Waals surface area contributed by atoms with Crippen molar-refractivity contribution in [3.63, 3.8) is 0 Å². The summed E-state index contributed by atoms with van der Waals surface area (Å²) in [5.41, 5.74) is 1.42. The third-order valence-corrected chi connectivity index (χ3v) is 6.16. The predicted octanol–water partition coefficient (Wildman–Crippen LogP) is 3.87. The Morgan fingerprint density at radius 1 is 1.40 bits per heavy atom. The van der Waals surface area contributed by atoms with Crippen LogP contribution in [0.2, 0.25) is 5.02 Å². The first kappa shape index (κ1) is 18.0. The van der Waals surface area contributed by atoms with Gasteiger partial charge in [-0.3, -0.25) is 9.59 Å². The largest absolute Gasteiger partial charge is 0.349 e. The van der Waals surface area contributed by atoms with Crippen LogP contribution >= 0.6 is 11.6 Å². The zero-order valence-electron chi connectivity index (χ0n) is 14.7. The van der Waals surface area contributed by atoms with Gasteiger partial charge in [-0.05, 0) is 56.7 Å². The molecule has 0 aromatic heterocycles. The molecule has 25 heavy (non-hydrogen) atoms. The van der Waals surface area contributed by atoms with E-state index in [2.05, 4.69) is 11.9 Å². The van der Waals surface area contributed by atoms with Gasteiger partial charge in [0.2, 0.25) is 5.91 Å². The van der Waals surface area contributed by atoms with Gasteiger partial charge in [0.15, 0.2) is 0 Å². The molecule has 0 atom stereocenters. The van der Waals surface area contributed by atoms with Crippen molar-refractivity contribution in [2.75, 3.05) is 6.54 Å². The van der Waals surface area contributed by atoms with Gasteiger partial charge in [-0.15, -0.1) is 6.58 Å². The molecule has 1 spiro atoms. The van der Waals surface area contributed by atoms with Crippen LogP contribution in [0.4, 0.5) is 0 Å². The Labute approximate surface area is 154 Å². The highest BCUT2D eigenvalue weighted by Gasteiger charge is 2.46. The van der Waals surface area contributed by atoms with Gasteiger partial charge in [0, 0.05) is 35.1 Å². The van der Waals surface area contributed by atoms with Crippen molar-refractivity contribution in [2.45, 2.75) is 57.0 Å². The van der Waals surface area contributed by atoms with Gasteiger partial charge in [0.25, 0.3) is 5.91 Å². The predicted molar refractivity (Wildman–Crippen MR) is 99.8 cm³/mol. The fourth-order valence-corrected chi connectivity index (χ4v) is 4.41. The molecule has 0 radical (unpaired) electrons. The van der Waals surface area contributed by atoms with E-state index in [1.807, 2.05) is 17.9 Å². The molecule has 1 aliphatic carbocycles. The molecule has 1 N–H and O–H groups in total. The quantitative estimate of drug-likeness (QED) is 0.828. The van der Waals surface area contributed by atoms with Crippen molar-refractivity contribution < 1.29 is 9.59 Å². The molecule has 2 aliphatic rings. The van der Waals surface area contributed by atoms with Crippen molar-refractivity contribution in [2.24, 2.45) is 0 Å². The maximum atomic E-state index is 12.6. The average Bonchev–Trinajstić information content (AvgIpc) is 2.89. The van der Waals surface area contributed by atoms with Crippen molar-refractivity contribution >= 4 is 23.4 Å². The van der Waals surface area contributed by atoms with Crippen LogP contribution in [-0.2, 0) is 4.79 Å². The molecular formula is C20H25ClN2O2. The molecule has 2 fully saturated rings. The minimum absolute atomic E-state index is 0.0293. The van der Waals surface area contributed by atoms with Crippen molar-refractivity contribution in [3.8, 4) is 0 Å². The number of hydrogen-bond donors (Lipinski definition) is 1. The zero-order chi connectivity index (χ0) is 18.0. The van der Waals surface area contributed by atoms with Crippen LogP contribution in [0, 0.1) is 6.92 Å². The van der Waals surface area contributed by atoms with E-state index in [1.165, 1.54) is 0 Å². The maximum Gasteiger partial charge on any atom is 0.251 e. The number of nitrogens with one attached hydrogen (secondary N) is 1. The lowest BCUT2D eigenvalue weighted by Crippen LogP contribution is -2.51. The molecule has 2 amide bonds. The van der Waals surface area contributed by atoms with E-state index in [4.69, 9.17) is 11.6 Å². The fraction of sp³-hybridized carbons (Fsp3) is 0.500. The molecule has 0 bridgehead atoms. The summed E-state index contributed by atoms with van der Waals surface area (Å²) >= 11 is 6.12. The molecule has 1 saturated carbocycles. The molecular weight excluding hydrogens is 336 g/mol. The average molecular weight is 361 g/mol. The van der Waals surface area contributed by atoms with E-state index in [-0.39, 0.29) is 23.4 Å². The first-order chi connectivity index (χ1) is 12.0. The van der Waals surface area contributed by atoms with Gasteiger partial charge in [-0.2, -0.15) is 0 Å². The number of rotatable bonds is 4. The summed E-state index contributed by atoms with van der Waals surface area (Å²) in [5.74, 6) is 0.170. The summed E-state index contributed by atoms with van der Waals surface area (Å²) in [6.07, 6.45) is 7.03. The number of nitrogens with zero attached hydrogens (tertiary/aromatic N) is 1. The lowest BCUT2D eigenvalue weighted by atomic mass is 9.77. The van der Waals surface area contributed by atoms with E-state index in [1.54, 1.807) is 18.2 Å². The number of benzene rings is 1. The highest BCUT2D eigenvalue weighted by molar-refractivity contribution is 6.31. The van der Waals surface area contributed by atoms with Crippen molar-refractivity contribution in [1.82, 2.24) is 10.2 Å². The number of carbonyl (C=O) groups excluding carboxylic acids is 2. The summed E-state index contributed by atoms with van der Waals surface area (Å²) in [6, 6.07) is 5.56. The van der Waals surface area contributed by atoms with Crippen LogP contribution in [0.1, 0.15) is 54.4 Å². The Morgan fingerprint density at radius 3 is 2.80 bits per heavy atom. The van der Waals surface area contributed by atoms with E-state index >= 15 is 0 Å². The first-order valence-electron chi connectivity index (χ1n) is 8.94. The Balaban J connectivity index is 1.63. The van der Waals surface area contributed by atoms with E-state index in [9.17, 15) is 9.59 Å². The van der Waals surface area contributed by atoms with Gasteiger partial charge in [0.1, 0.15) is 0 Å². The van der Waals surface area contributed by atoms with Gasteiger partial charge < -0.3 is 10.2 Å². The molecule has 3 rings (SSSR count). The number of carbonyl (C=O) groups is 2. The second kappa shape index (κ2) is 7.20. The van der Waals surface area contributed by atoms with Gasteiger partial charge in [-0.1, -0.05) is 23.7 Å². The lowest BCUT2D eigenvalue weighted by Gasteiger charge is -2.43. The Hall–Kier alpha value is -1.81. The van der Waals surface area contributed by atoms with Crippen molar-refractivity contribution in [3.05, 3.63) is 47.0 Å². The second-order valence-corrected chi connectivity index (χ2v) is 7.58. The van der Waals surface area contributed by atoms with Gasteiger partial charge in [-0.25, -0.2) is 0 Å².